The molecule has 2 atom stereocenters. The average Bonchev–Trinajstić information content (AvgIpc) is 2.98. The zero-order valence-corrected chi connectivity index (χ0v) is 12.1. The molecule has 19 heavy (non-hydrogen) atoms. The molecule has 2 aromatic rings. The normalized spacial score (nSPS) is 20.8. The number of pyridine rings is 1. The molecular weight excluding hydrogens is 252 g/mol. The third-order valence-electron chi connectivity index (χ3n) is 3.99. The number of benzene rings is 1. The largest absolute Gasteiger partial charge is 0.316 e. The molecule has 0 saturated carbocycles. The second-order valence-electron chi connectivity index (χ2n) is 5.22. The maximum absolute atomic E-state index is 4.79. The molecule has 1 N–H and O–H groups in total. The molecule has 1 aliphatic rings. The summed E-state index contributed by atoms with van der Waals surface area (Å²) in [5.74, 6) is 3.40. The van der Waals surface area contributed by atoms with E-state index in [2.05, 4.69) is 60.5 Å². The lowest BCUT2D eigenvalue weighted by Crippen LogP contribution is -2.35. The molecule has 1 aromatic carbocycles. The van der Waals surface area contributed by atoms with Gasteiger partial charge < -0.3 is 5.32 Å². The smallest absolute Gasteiger partial charge is 0.0705 e. The first-order chi connectivity index (χ1) is 9.36. The van der Waals surface area contributed by atoms with Crippen molar-refractivity contribution in [1.82, 2.24) is 10.3 Å². The monoisotopic (exact) mass is 272 g/mol. The summed E-state index contributed by atoms with van der Waals surface area (Å²) in [6.45, 7) is 0. The van der Waals surface area contributed by atoms with Crippen LogP contribution in [-0.4, -0.2) is 29.6 Å². The van der Waals surface area contributed by atoms with E-state index in [9.17, 15) is 0 Å². The molecule has 100 valence electrons. The van der Waals surface area contributed by atoms with Crippen LogP contribution >= 0.6 is 11.8 Å². The number of hydrogen-bond donors (Lipinski definition) is 1. The summed E-state index contributed by atoms with van der Waals surface area (Å²) in [5.41, 5.74) is 2.31. The van der Waals surface area contributed by atoms with Crippen LogP contribution in [0.1, 0.15) is 12.1 Å². The maximum Gasteiger partial charge on any atom is 0.0705 e. The van der Waals surface area contributed by atoms with E-state index in [4.69, 9.17) is 4.98 Å². The van der Waals surface area contributed by atoms with Crippen LogP contribution in [0.5, 0.6) is 0 Å². The van der Waals surface area contributed by atoms with Crippen molar-refractivity contribution in [1.29, 1.82) is 0 Å². The van der Waals surface area contributed by atoms with Gasteiger partial charge in [0.1, 0.15) is 0 Å². The van der Waals surface area contributed by atoms with Crippen LogP contribution in [0.3, 0.4) is 0 Å². The van der Waals surface area contributed by atoms with Crippen LogP contribution in [0, 0.1) is 5.92 Å². The molecule has 0 radical (unpaired) electrons. The lowest BCUT2D eigenvalue weighted by Gasteiger charge is -2.22. The van der Waals surface area contributed by atoms with Crippen LogP contribution in [0.15, 0.2) is 36.4 Å². The highest BCUT2D eigenvalue weighted by Crippen LogP contribution is 2.27. The summed E-state index contributed by atoms with van der Waals surface area (Å²) in [7, 11) is 2.08. The van der Waals surface area contributed by atoms with Crippen molar-refractivity contribution in [3.63, 3.8) is 0 Å². The molecule has 1 aliphatic heterocycles. The van der Waals surface area contributed by atoms with Crippen LogP contribution < -0.4 is 5.32 Å². The van der Waals surface area contributed by atoms with Crippen molar-refractivity contribution in [2.45, 2.75) is 18.9 Å². The molecule has 0 amide bonds. The van der Waals surface area contributed by atoms with Gasteiger partial charge in [-0.2, -0.15) is 11.8 Å². The minimum absolute atomic E-state index is 0.559. The number of nitrogens with one attached hydrogen (secondary N) is 1. The number of rotatable bonds is 4. The van der Waals surface area contributed by atoms with E-state index in [1.807, 2.05) is 0 Å². The summed E-state index contributed by atoms with van der Waals surface area (Å²) < 4.78 is 0. The lowest BCUT2D eigenvalue weighted by atomic mass is 9.95. The Balaban J connectivity index is 1.79. The van der Waals surface area contributed by atoms with Gasteiger partial charge >= 0.3 is 0 Å². The summed E-state index contributed by atoms with van der Waals surface area (Å²) in [4.78, 5) is 4.79. The predicted octanol–water partition coefficient (Wildman–Crippen LogP) is 3.12. The SMILES string of the molecule is CNC(Cc1ccc2ccccc2n1)C1CCSC1. The number of thioether (sulfide) groups is 1. The number of aromatic nitrogens is 1. The van der Waals surface area contributed by atoms with Crippen molar-refractivity contribution >= 4 is 22.7 Å². The second-order valence-corrected chi connectivity index (χ2v) is 6.37. The topological polar surface area (TPSA) is 24.9 Å². The first-order valence-corrected chi connectivity index (χ1v) is 8.12. The van der Waals surface area contributed by atoms with Gasteiger partial charge in [0.2, 0.25) is 0 Å². The fourth-order valence-corrected chi connectivity index (χ4v) is 4.16. The van der Waals surface area contributed by atoms with Gasteiger partial charge in [-0.25, -0.2) is 0 Å². The van der Waals surface area contributed by atoms with Gasteiger partial charge in [0, 0.05) is 23.5 Å². The number of likely N-dealkylation sites (N-methyl/N-ethyl adjacent to an activating group) is 1. The van der Waals surface area contributed by atoms with Crippen molar-refractivity contribution < 1.29 is 0 Å². The molecule has 3 heteroatoms. The molecule has 2 unspecified atom stereocenters. The molecule has 3 rings (SSSR count). The highest BCUT2D eigenvalue weighted by atomic mass is 32.2. The van der Waals surface area contributed by atoms with E-state index in [0.29, 0.717) is 6.04 Å². The Kier molecular flexibility index (Phi) is 4.04. The average molecular weight is 272 g/mol. The molecule has 0 spiro atoms. The molecule has 0 aliphatic carbocycles. The molecule has 2 heterocycles. The van der Waals surface area contributed by atoms with E-state index in [0.717, 1.165) is 17.9 Å². The highest BCUT2D eigenvalue weighted by Gasteiger charge is 2.24. The summed E-state index contributed by atoms with van der Waals surface area (Å²) in [5, 5.41) is 4.71. The molecule has 1 fully saturated rings. The van der Waals surface area contributed by atoms with Gasteiger partial charge in [0.15, 0.2) is 0 Å². The van der Waals surface area contributed by atoms with Crippen molar-refractivity contribution in [2.75, 3.05) is 18.6 Å². The summed E-state index contributed by atoms with van der Waals surface area (Å²) in [6, 6.07) is 13.3. The van der Waals surface area contributed by atoms with E-state index in [1.165, 1.54) is 29.0 Å². The fraction of sp³-hybridized carbons (Fsp3) is 0.438. The van der Waals surface area contributed by atoms with Gasteiger partial charge in [-0.3, -0.25) is 4.98 Å². The zero-order valence-electron chi connectivity index (χ0n) is 11.3. The molecule has 1 aromatic heterocycles. The lowest BCUT2D eigenvalue weighted by molar-refractivity contribution is 0.401. The standard InChI is InChI=1S/C16H20N2S/c1-17-16(13-8-9-19-11-13)10-14-7-6-12-4-2-3-5-15(12)18-14/h2-7,13,16-17H,8-11H2,1H3. The van der Waals surface area contributed by atoms with Crippen molar-refractivity contribution in [3.8, 4) is 0 Å². The van der Waals surface area contributed by atoms with Gasteiger partial charge in [-0.1, -0.05) is 24.3 Å². The predicted molar refractivity (Wildman–Crippen MR) is 83.7 cm³/mol. The molecular formula is C16H20N2S. The Morgan fingerprint density at radius 1 is 1.32 bits per heavy atom. The first kappa shape index (κ1) is 12.9. The van der Waals surface area contributed by atoms with Crippen molar-refractivity contribution in [3.05, 3.63) is 42.1 Å². The van der Waals surface area contributed by atoms with Gasteiger partial charge in [0.25, 0.3) is 0 Å². The molecule has 2 nitrogen and oxygen atoms in total. The second kappa shape index (κ2) is 5.93. The first-order valence-electron chi connectivity index (χ1n) is 6.96. The number of para-hydroxylation sites is 1. The number of fused-ring (bicyclic) bond motifs is 1. The van der Waals surface area contributed by atoms with E-state index >= 15 is 0 Å². The Morgan fingerprint density at radius 3 is 3.00 bits per heavy atom. The summed E-state index contributed by atoms with van der Waals surface area (Å²) >= 11 is 2.08. The fourth-order valence-electron chi connectivity index (χ4n) is 2.82. The van der Waals surface area contributed by atoms with Gasteiger partial charge in [-0.15, -0.1) is 0 Å². The van der Waals surface area contributed by atoms with Crippen molar-refractivity contribution in [2.24, 2.45) is 5.92 Å². The number of hydrogen-bond acceptors (Lipinski definition) is 3. The van der Waals surface area contributed by atoms with Crippen LogP contribution in [0.4, 0.5) is 0 Å². The zero-order chi connectivity index (χ0) is 13.1. The Labute approximate surface area is 119 Å². The summed E-state index contributed by atoms with van der Waals surface area (Å²) in [6.07, 6.45) is 2.37. The minimum Gasteiger partial charge on any atom is -0.316 e. The van der Waals surface area contributed by atoms with Crippen LogP contribution in [0.25, 0.3) is 10.9 Å². The van der Waals surface area contributed by atoms with Gasteiger partial charge in [0.05, 0.1) is 5.52 Å². The highest BCUT2D eigenvalue weighted by molar-refractivity contribution is 7.99. The Hall–Kier alpha value is -1.06. The third kappa shape index (κ3) is 2.93. The van der Waals surface area contributed by atoms with E-state index < -0.39 is 0 Å². The Morgan fingerprint density at radius 2 is 2.21 bits per heavy atom. The third-order valence-corrected chi connectivity index (χ3v) is 5.18. The molecule has 1 saturated heterocycles. The van der Waals surface area contributed by atoms with Gasteiger partial charge in [-0.05, 0) is 43.0 Å². The van der Waals surface area contributed by atoms with Crippen LogP contribution in [-0.2, 0) is 6.42 Å². The van der Waals surface area contributed by atoms with Crippen LogP contribution in [0.2, 0.25) is 0 Å². The Bertz CT molecular complexity index is 549. The van der Waals surface area contributed by atoms with E-state index in [1.54, 1.807) is 0 Å². The van der Waals surface area contributed by atoms with E-state index in [-0.39, 0.29) is 0 Å². The minimum atomic E-state index is 0.559. The quantitative estimate of drug-likeness (QED) is 0.925. The number of nitrogens with zero attached hydrogens (tertiary/aromatic N) is 1. The molecule has 0 bridgehead atoms. The maximum atomic E-state index is 4.79.